The Balaban J connectivity index is 0.00000342. The van der Waals surface area contributed by atoms with Gasteiger partial charge in [-0.25, -0.2) is 0 Å². The number of rotatable bonds is 11. The van der Waals surface area contributed by atoms with Crippen LogP contribution >= 0.6 is 0 Å². The van der Waals surface area contributed by atoms with Crippen LogP contribution in [0.1, 0.15) is 25.7 Å². The molecule has 178 valence electrons. The zero-order valence-electron chi connectivity index (χ0n) is 18.9. The Morgan fingerprint density at radius 2 is 1.29 bits per heavy atom. The minimum absolute atomic E-state index is 0. The van der Waals surface area contributed by atoms with Gasteiger partial charge in [0, 0.05) is 11.1 Å². The van der Waals surface area contributed by atoms with Crippen LogP contribution in [-0.4, -0.2) is 64.4 Å². The molecule has 8 heteroatoms. The molecule has 0 aliphatic carbocycles. The number of hydrogen-bond donors (Lipinski definition) is 1. The second-order valence-electron chi connectivity index (χ2n) is 8.04. The molecule has 1 N–H and O–H groups in total. The molecule has 35 heavy (non-hydrogen) atoms. The van der Waals surface area contributed by atoms with Crippen LogP contribution in [0.4, 0.5) is 0 Å². The van der Waals surface area contributed by atoms with Crippen molar-refractivity contribution >= 4 is 39.7 Å². The first-order chi connectivity index (χ1) is 16.5. The van der Waals surface area contributed by atoms with Crippen molar-refractivity contribution in [1.29, 1.82) is 0 Å². The van der Waals surface area contributed by atoms with Crippen LogP contribution in [0.25, 0.3) is 28.2 Å². The fourth-order valence-corrected chi connectivity index (χ4v) is 4.45. The SMILES string of the molecule is O=S(=O)(O)CCCCCCOc1nc(-c2ccccc2)c(-c2ccccc2)n1-c1ccccc1.[NaH]. The number of ether oxygens (including phenoxy) is 1. The van der Waals surface area contributed by atoms with Crippen LogP contribution in [0.15, 0.2) is 91.0 Å². The molecule has 0 spiro atoms. The van der Waals surface area contributed by atoms with Gasteiger partial charge in [-0.2, -0.15) is 13.4 Å². The fraction of sp³-hybridized carbons (Fsp3) is 0.222. The molecule has 0 aliphatic rings. The van der Waals surface area contributed by atoms with Gasteiger partial charge in [0.05, 0.1) is 23.7 Å². The predicted molar refractivity (Wildman–Crippen MR) is 142 cm³/mol. The van der Waals surface area contributed by atoms with Crippen LogP contribution in [0.3, 0.4) is 0 Å². The summed E-state index contributed by atoms with van der Waals surface area (Å²) in [6.07, 6.45) is 2.71. The summed E-state index contributed by atoms with van der Waals surface area (Å²) in [4.78, 5) is 4.93. The molecule has 0 saturated carbocycles. The van der Waals surface area contributed by atoms with Crippen molar-refractivity contribution in [2.45, 2.75) is 25.7 Å². The van der Waals surface area contributed by atoms with E-state index >= 15 is 0 Å². The summed E-state index contributed by atoms with van der Waals surface area (Å²) in [6, 6.07) is 30.8. The first kappa shape index (κ1) is 27.2. The van der Waals surface area contributed by atoms with E-state index in [2.05, 4.69) is 16.7 Å². The van der Waals surface area contributed by atoms with E-state index in [1.807, 2.05) is 78.9 Å². The van der Waals surface area contributed by atoms with Crippen molar-refractivity contribution in [3.63, 3.8) is 0 Å². The number of benzene rings is 3. The molecule has 0 aliphatic heterocycles. The van der Waals surface area contributed by atoms with Gasteiger partial charge >= 0.3 is 35.6 Å². The maximum absolute atomic E-state index is 10.9. The molecule has 1 heterocycles. The van der Waals surface area contributed by atoms with Gasteiger partial charge < -0.3 is 4.74 Å². The summed E-state index contributed by atoms with van der Waals surface area (Å²) in [6.45, 7) is 0.457. The van der Waals surface area contributed by atoms with Crippen LogP contribution < -0.4 is 4.74 Å². The third-order valence-corrected chi connectivity index (χ3v) is 6.29. The second kappa shape index (κ2) is 13.0. The molecule has 0 radical (unpaired) electrons. The zero-order valence-corrected chi connectivity index (χ0v) is 19.7. The van der Waals surface area contributed by atoms with E-state index in [1.165, 1.54) is 0 Å². The van der Waals surface area contributed by atoms with Gasteiger partial charge in [0.25, 0.3) is 10.1 Å². The van der Waals surface area contributed by atoms with E-state index in [0.29, 0.717) is 25.5 Å². The number of nitrogens with zero attached hydrogens (tertiary/aromatic N) is 2. The molecule has 6 nitrogen and oxygen atoms in total. The molecule has 4 aromatic rings. The third-order valence-electron chi connectivity index (χ3n) is 5.48. The van der Waals surface area contributed by atoms with Gasteiger partial charge in [-0.1, -0.05) is 91.7 Å². The van der Waals surface area contributed by atoms with Crippen molar-refractivity contribution in [3.05, 3.63) is 91.0 Å². The van der Waals surface area contributed by atoms with E-state index in [0.717, 1.165) is 41.0 Å². The summed E-state index contributed by atoms with van der Waals surface area (Å²) in [5.41, 5.74) is 4.81. The quantitative estimate of drug-likeness (QED) is 0.170. The Morgan fingerprint density at radius 1 is 0.743 bits per heavy atom. The molecule has 0 atom stereocenters. The fourth-order valence-electron chi connectivity index (χ4n) is 3.88. The van der Waals surface area contributed by atoms with Gasteiger partial charge in [-0.05, 0) is 25.0 Å². The summed E-state index contributed by atoms with van der Waals surface area (Å²) in [7, 11) is -3.90. The van der Waals surface area contributed by atoms with Gasteiger partial charge in [0.1, 0.15) is 5.69 Å². The van der Waals surface area contributed by atoms with E-state index in [-0.39, 0.29) is 35.3 Å². The standard InChI is InChI=1S/C27H28N2O4S.Na.H/c30-34(31,32)21-13-2-1-12-20-33-27-28-25(22-14-6-3-7-15-22)26(23-16-8-4-9-17-23)29(27)24-18-10-5-11-19-24;;/h3-11,14-19H,1-2,12-13,20-21H2,(H,30,31,32);;. The Bertz CT molecular complexity index is 1300. The van der Waals surface area contributed by atoms with E-state index in [4.69, 9.17) is 14.3 Å². The van der Waals surface area contributed by atoms with Crippen molar-refractivity contribution < 1.29 is 17.7 Å². The van der Waals surface area contributed by atoms with Crippen molar-refractivity contribution in [2.75, 3.05) is 12.4 Å². The Labute approximate surface area is 229 Å². The first-order valence-corrected chi connectivity index (χ1v) is 13.0. The number of imidazole rings is 1. The third kappa shape index (κ3) is 7.53. The van der Waals surface area contributed by atoms with Gasteiger partial charge in [-0.15, -0.1) is 0 Å². The molecule has 0 fully saturated rings. The second-order valence-corrected chi connectivity index (χ2v) is 9.62. The summed E-state index contributed by atoms with van der Waals surface area (Å²) in [5.74, 6) is -0.201. The molecule has 0 bridgehead atoms. The van der Waals surface area contributed by atoms with Gasteiger partial charge in [-0.3, -0.25) is 9.12 Å². The van der Waals surface area contributed by atoms with Crippen molar-refractivity contribution in [2.24, 2.45) is 0 Å². The number of aromatic nitrogens is 2. The molecular weight excluding hydrogens is 471 g/mol. The van der Waals surface area contributed by atoms with Gasteiger partial charge in [0.15, 0.2) is 0 Å². The van der Waals surface area contributed by atoms with Crippen LogP contribution in [0.5, 0.6) is 6.01 Å². The molecule has 0 unspecified atom stereocenters. The monoisotopic (exact) mass is 500 g/mol. The summed E-state index contributed by atoms with van der Waals surface area (Å²) >= 11 is 0. The average molecular weight is 501 g/mol. The molecule has 0 amide bonds. The normalized spacial score (nSPS) is 11.1. The first-order valence-electron chi connectivity index (χ1n) is 11.4. The predicted octanol–water partition coefficient (Wildman–Crippen LogP) is 5.38. The molecule has 3 aromatic carbocycles. The Hall–Kier alpha value is -2.42. The van der Waals surface area contributed by atoms with Gasteiger partial charge in [0.2, 0.25) is 0 Å². The number of para-hydroxylation sites is 1. The van der Waals surface area contributed by atoms with E-state index in [1.54, 1.807) is 0 Å². The zero-order chi connectivity index (χ0) is 23.8. The molecule has 1 aromatic heterocycles. The molecule has 0 saturated heterocycles. The topological polar surface area (TPSA) is 81.4 Å². The number of hydrogen-bond acceptors (Lipinski definition) is 4. The Kier molecular flexibility index (Phi) is 10.1. The van der Waals surface area contributed by atoms with Crippen LogP contribution in [-0.2, 0) is 10.1 Å². The number of unbranched alkanes of at least 4 members (excludes halogenated alkanes) is 3. The Morgan fingerprint density at radius 3 is 1.89 bits per heavy atom. The molecule has 4 rings (SSSR count). The minimum atomic E-state index is -3.90. The van der Waals surface area contributed by atoms with E-state index in [9.17, 15) is 8.42 Å². The maximum atomic E-state index is 10.9. The van der Waals surface area contributed by atoms with Crippen LogP contribution in [0.2, 0.25) is 0 Å². The van der Waals surface area contributed by atoms with E-state index < -0.39 is 10.1 Å². The van der Waals surface area contributed by atoms with Crippen molar-refractivity contribution in [3.8, 4) is 34.2 Å². The summed E-state index contributed by atoms with van der Waals surface area (Å²) < 4.78 is 38.8. The van der Waals surface area contributed by atoms with Crippen molar-refractivity contribution in [1.82, 2.24) is 9.55 Å². The average Bonchev–Trinajstić information content (AvgIpc) is 3.24. The van der Waals surface area contributed by atoms with Crippen LogP contribution in [0, 0.1) is 0 Å². The molecular formula is C27H29N2NaO4S. The summed E-state index contributed by atoms with van der Waals surface area (Å²) in [5, 5.41) is 0.